The lowest BCUT2D eigenvalue weighted by molar-refractivity contribution is 0.0105. The SMILES string of the molecule is Cc1cnc(-c2cc(C#N)cc(OC3CC4CC3CN4C(=O)OC(C)(C)C)c2)s1. The van der Waals surface area contributed by atoms with Crippen LogP contribution in [-0.4, -0.2) is 40.3 Å². The van der Waals surface area contributed by atoms with E-state index in [0.29, 0.717) is 17.9 Å². The number of aryl methyl sites for hydroxylation is 1. The van der Waals surface area contributed by atoms with E-state index in [-0.39, 0.29) is 24.2 Å². The van der Waals surface area contributed by atoms with Crippen LogP contribution in [0.2, 0.25) is 0 Å². The van der Waals surface area contributed by atoms with Crippen LogP contribution in [0, 0.1) is 24.2 Å². The Morgan fingerprint density at radius 3 is 2.69 bits per heavy atom. The summed E-state index contributed by atoms with van der Waals surface area (Å²) in [5, 5.41) is 10.3. The van der Waals surface area contributed by atoms with Crippen LogP contribution in [-0.2, 0) is 4.74 Å². The Balaban J connectivity index is 1.46. The van der Waals surface area contributed by atoms with Crippen molar-refractivity contribution in [3.05, 3.63) is 34.8 Å². The molecular formula is C22H25N3O3S. The van der Waals surface area contributed by atoms with Gasteiger partial charge in [0.1, 0.15) is 22.5 Å². The summed E-state index contributed by atoms with van der Waals surface area (Å²) < 4.78 is 11.8. The second-order valence-electron chi connectivity index (χ2n) is 8.81. The lowest BCUT2D eigenvalue weighted by atomic mass is 10.1. The van der Waals surface area contributed by atoms with Gasteiger partial charge in [0.25, 0.3) is 0 Å². The monoisotopic (exact) mass is 411 g/mol. The summed E-state index contributed by atoms with van der Waals surface area (Å²) in [6, 6.07) is 7.95. The molecule has 3 unspecified atom stereocenters. The van der Waals surface area contributed by atoms with Crippen LogP contribution < -0.4 is 4.74 Å². The first-order valence-corrected chi connectivity index (χ1v) is 10.7. The van der Waals surface area contributed by atoms with Crippen LogP contribution >= 0.6 is 11.3 Å². The van der Waals surface area contributed by atoms with E-state index in [0.717, 1.165) is 28.3 Å². The molecule has 1 saturated carbocycles. The van der Waals surface area contributed by atoms with E-state index in [1.54, 1.807) is 17.4 Å². The number of hydrogen-bond donors (Lipinski definition) is 0. The summed E-state index contributed by atoms with van der Waals surface area (Å²) in [6.45, 7) is 8.32. The van der Waals surface area contributed by atoms with Gasteiger partial charge in [-0.25, -0.2) is 9.78 Å². The predicted octanol–water partition coefficient (Wildman–Crippen LogP) is 4.77. The summed E-state index contributed by atoms with van der Waals surface area (Å²) in [5.41, 5.74) is 0.969. The summed E-state index contributed by atoms with van der Waals surface area (Å²) >= 11 is 1.60. The zero-order chi connectivity index (χ0) is 20.8. The molecule has 2 bridgehead atoms. The smallest absolute Gasteiger partial charge is 0.410 e. The molecule has 1 aromatic carbocycles. The van der Waals surface area contributed by atoms with Crippen LogP contribution in [0.25, 0.3) is 10.6 Å². The first-order valence-electron chi connectivity index (χ1n) is 9.86. The fraction of sp³-hybridized carbons (Fsp3) is 0.500. The number of nitrogens with zero attached hydrogens (tertiary/aromatic N) is 3. The highest BCUT2D eigenvalue weighted by Gasteiger charge is 2.48. The number of rotatable bonds is 3. The number of aromatic nitrogens is 1. The number of piperidine rings is 1. The molecule has 0 spiro atoms. The molecule has 6 nitrogen and oxygen atoms in total. The van der Waals surface area contributed by atoms with Gasteiger partial charge in [-0.15, -0.1) is 11.3 Å². The molecule has 1 aliphatic carbocycles. The van der Waals surface area contributed by atoms with Gasteiger partial charge in [0, 0.05) is 41.6 Å². The van der Waals surface area contributed by atoms with Crippen molar-refractivity contribution in [1.82, 2.24) is 9.88 Å². The van der Waals surface area contributed by atoms with Crippen molar-refractivity contribution in [1.29, 1.82) is 5.26 Å². The highest BCUT2D eigenvalue weighted by Crippen LogP contribution is 2.41. The molecule has 2 aromatic rings. The van der Waals surface area contributed by atoms with Gasteiger partial charge in [0.15, 0.2) is 0 Å². The summed E-state index contributed by atoms with van der Waals surface area (Å²) in [6.07, 6.45) is 3.35. The van der Waals surface area contributed by atoms with Crippen LogP contribution in [0.5, 0.6) is 5.75 Å². The Morgan fingerprint density at radius 2 is 2.10 bits per heavy atom. The molecule has 2 aliphatic rings. The Morgan fingerprint density at radius 1 is 1.31 bits per heavy atom. The maximum absolute atomic E-state index is 12.4. The normalized spacial score (nSPS) is 23.1. The minimum absolute atomic E-state index is 0.0403. The molecule has 29 heavy (non-hydrogen) atoms. The minimum atomic E-state index is -0.489. The fourth-order valence-electron chi connectivity index (χ4n) is 4.11. The molecule has 1 amide bonds. The third-order valence-corrected chi connectivity index (χ3v) is 6.26. The lowest BCUT2D eigenvalue weighted by Gasteiger charge is -2.33. The van der Waals surface area contributed by atoms with E-state index in [1.165, 1.54) is 0 Å². The zero-order valence-electron chi connectivity index (χ0n) is 17.1. The number of benzene rings is 1. The number of fused-ring (bicyclic) bond motifs is 2. The van der Waals surface area contributed by atoms with Crippen molar-refractivity contribution in [2.45, 2.75) is 58.3 Å². The summed E-state index contributed by atoms with van der Waals surface area (Å²) in [7, 11) is 0. The number of nitriles is 1. The van der Waals surface area contributed by atoms with Crippen molar-refractivity contribution in [3.63, 3.8) is 0 Å². The van der Waals surface area contributed by atoms with E-state index < -0.39 is 5.60 Å². The van der Waals surface area contributed by atoms with E-state index in [9.17, 15) is 10.1 Å². The Labute approximate surface area is 175 Å². The van der Waals surface area contributed by atoms with Gasteiger partial charge in [-0.2, -0.15) is 5.26 Å². The molecule has 7 heteroatoms. The Bertz CT molecular complexity index is 972. The maximum Gasteiger partial charge on any atom is 0.410 e. The Hall–Kier alpha value is -2.59. The van der Waals surface area contributed by atoms with E-state index in [1.807, 2.05) is 50.9 Å². The standard InChI is InChI=1S/C22H25N3O3S/c1-13-11-24-20(29-13)15-5-14(10-23)6-18(8-15)27-19-9-17-7-16(19)12-25(17)21(26)28-22(2,3)4/h5-6,8,11,16-17,19H,7,9,12H2,1-4H3. The van der Waals surface area contributed by atoms with Gasteiger partial charge in [0.05, 0.1) is 11.6 Å². The summed E-state index contributed by atoms with van der Waals surface area (Å²) in [5.74, 6) is 0.970. The lowest BCUT2D eigenvalue weighted by Crippen LogP contribution is -2.45. The number of likely N-dealkylation sites (tertiary alicyclic amines) is 1. The van der Waals surface area contributed by atoms with Crippen LogP contribution in [0.15, 0.2) is 24.4 Å². The second-order valence-corrected chi connectivity index (χ2v) is 10.0. The van der Waals surface area contributed by atoms with Crippen molar-refractivity contribution >= 4 is 17.4 Å². The van der Waals surface area contributed by atoms with Gasteiger partial charge < -0.3 is 14.4 Å². The minimum Gasteiger partial charge on any atom is -0.490 e. The third kappa shape index (κ3) is 4.23. The molecular weight excluding hydrogens is 386 g/mol. The van der Waals surface area contributed by atoms with Crippen LogP contribution in [0.4, 0.5) is 4.79 Å². The van der Waals surface area contributed by atoms with Crippen LogP contribution in [0.1, 0.15) is 44.1 Å². The molecule has 1 saturated heterocycles. The third-order valence-electron chi connectivity index (χ3n) is 5.30. The van der Waals surface area contributed by atoms with Crippen molar-refractivity contribution in [2.24, 2.45) is 5.92 Å². The number of hydrogen-bond acceptors (Lipinski definition) is 6. The highest BCUT2D eigenvalue weighted by atomic mass is 32.1. The number of ether oxygens (including phenoxy) is 2. The zero-order valence-corrected chi connectivity index (χ0v) is 18.0. The molecule has 2 fully saturated rings. The number of amides is 1. The molecule has 3 atom stereocenters. The molecule has 4 rings (SSSR count). The topological polar surface area (TPSA) is 75.5 Å². The van der Waals surface area contributed by atoms with E-state index in [4.69, 9.17) is 9.47 Å². The van der Waals surface area contributed by atoms with Crippen LogP contribution in [0.3, 0.4) is 0 Å². The Kier molecular flexibility index (Phi) is 4.99. The van der Waals surface area contributed by atoms with Crippen molar-refractivity contribution in [3.8, 4) is 22.4 Å². The molecule has 0 radical (unpaired) electrons. The van der Waals surface area contributed by atoms with Gasteiger partial charge in [0.2, 0.25) is 0 Å². The highest BCUT2D eigenvalue weighted by molar-refractivity contribution is 7.14. The second kappa shape index (κ2) is 7.34. The number of carbonyl (C=O) groups is 1. The fourth-order valence-corrected chi connectivity index (χ4v) is 4.86. The predicted molar refractivity (Wildman–Crippen MR) is 111 cm³/mol. The van der Waals surface area contributed by atoms with Crippen molar-refractivity contribution in [2.75, 3.05) is 6.54 Å². The van der Waals surface area contributed by atoms with Gasteiger partial charge >= 0.3 is 6.09 Å². The molecule has 152 valence electrons. The van der Waals surface area contributed by atoms with E-state index >= 15 is 0 Å². The quantitative estimate of drug-likeness (QED) is 0.727. The van der Waals surface area contributed by atoms with Crippen molar-refractivity contribution < 1.29 is 14.3 Å². The molecule has 1 aliphatic heterocycles. The van der Waals surface area contributed by atoms with E-state index in [2.05, 4.69) is 11.1 Å². The first kappa shape index (κ1) is 19.7. The average molecular weight is 412 g/mol. The average Bonchev–Trinajstić information content (AvgIpc) is 3.35. The van der Waals surface area contributed by atoms with Gasteiger partial charge in [-0.05, 0) is 52.3 Å². The maximum atomic E-state index is 12.4. The molecule has 0 N–H and O–H groups in total. The van der Waals surface area contributed by atoms with Gasteiger partial charge in [-0.1, -0.05) is 0 Å². The van der Waals surface area contributed by atoms with Gasteiger partial charge in [-0.3, -0.25) is 0 Å². The summed E-state index contributed by atoms with van der Waals surface area (Å²) in [4.78, 5) is 19.8. The number of thiazole rings is 1. The largest absolute Gasteiger partial charge is 0.490 e. The first-order chi connectivity index (χ1) is 13.7. The molecule has 1 aromatic heterocycles. The number of carbonyl (C=O) groups excluding carboxylic acids is 1. The molecule has 2 heterocycles.